The molecule has 1 aromatic carbocycles. The minimum absolute atomic E-state index is 0. The van der Waals surface area contributed by atoms with Crippen LogP contribution >= 0.6 is 12.4 Å². The molecule has 2 rings (SSSR count). The van der Waals surface area contributed by atoms with Crippen molar-refractivity contribution in [3.8, 4) is 0 Å². The van der Waals surface area contributed by atoms with Crippen LogP contribution in [0.4, 0.5) is 0 Å². The molecule has 0 bridgehead atoms. The van der Waals surface area contributed by atoms with Crippen molar-refractivity contribution in [3.63, 3.8) is 0 Å². The fraction of sp³-hybridized carbons (Fsp3) is 0.625. The summed E-state index contributed by atoms with van der Waals surface area (Å²) in [7, 11) is 1.80. The van der Waals surface area contributed by atoms with Gasteiger partial charge < -0.3 is 10.5 Å². The van der Waals surface area contributed by atoms with Crippen molar-refractivity contribution in [2.24, 2.45) is 5.73 Å². The van der Waals surface area contributed by atoms with E-state index in [0.29, 0.717) is 18.7 Å². The monoisotopic (exact) mass is 298 g/mol. The molecule has 0 amide bonds. The fourth-order valence-electron chi connectivity index (χ4n) is 2.97. The van der Waals surface area contributed by atoms with Crippen LogP contribution in [-0.4, -0.2) is 37.2 Å². The quantitative estimate of drug-likeness (QED) is 0.929. The molecule has 0 aromatic heterocycles. The Labute approximate surface area is 128 Å². The van der Waals surface area contributed by atoms with Crippen LogP contribution < -0.4 is 5.73 Å². The topological polar surface area (TPSA) is 38.5 Å². The van der Waals surface area contributed by atoms with Crippen LogP contribution in [0, 0.1) is 13.8 Å². The first-order valence-corrected chi connectivity index (χ1v) is 7.17. The zero-order valence-electron chi connectivity index (χ0n) is 12.8. The summed E-state index contributed by atoms with van der Waals surface area (Å²) in [6.07, 6.45) is 2.54. The highest BCUT2D eigenvalue weighted by Crippen LogP contribution is 2.22. The van der Waals surface area contributed by atoms with E-state index < -0.39 is 0 Å². The molecule has 1 fully saturated rings. The average molecular weight is 299 g/mol. The van der Waals surface area contributed by atoms with Crippen LogP contribution in [0.3, 0.4) is 0 Å². The second-order valence-corrected chi connectivity index (χ2v) is 5.67. The lowest BCUT2D eigenvalue weighted by Gasteiger charge is -2.38. The molecule has 2 N–H and O–H groups in total. The Morgan fingerprint density at radius 1 is 1.35 bits per heavy atom. The lowest BCUT2D eigenvalue weighted by atomic mass is 9.97. The molecule has 0 spiro atoms. The number of benzene rings is 1. The highest BCUT2D eigenvalue weighted by molar-refractivity contribution is 5.85. The minimum Gasteiger partial charge on any atom is -0.381 e. The molecule has 0 saturated carbocycles. The van der Waals surface area contributed by atoms with Gasteiger partial charge in [-0.3, -0.25) is 4.90 Å². The molecule has 20 heavy (non-hydrogen) atoms. The molecule has 1 aromatic rings. The molecule has 1 heterocycles. The first kappa shape index (κ1) is 17.4. The summed E-state index contributed by atoms with van der Waals surface area (Å²) < 4.78 is 5.48. The Bertz CT molecular complexity index is 425. The van der Waals surface area contributed by atoms with E-state index in [0.717, 1.165) is 25.9 Å². The number of halogens is 1. The van der Waals surface area contributed by atoms with E-state index in [4.69, 9.17) is 10.5 Å². The predicted octanol–water partition coefficient (Wildman–Crippen LogP) is 2.66. The van der Waals surface area contributed by atoms with Gasteiger partial charge in [-0.25, -0.2) is 0 Å². The molecular weight excluding hydrogens is 272 g/mol. The van der Waals surface area contributed by atoms with E-state index >= 15 is 0 Å². The van der Waals surface area contributed by atoms with Gasteiger partial charge in [-0.15, -0.1) is 12.4 Å². The molecule has 0 aliphatic carbocycles. The van der Waals surface area contributed by atoms with Crippen LogP contribution in [-0.2, 0) is 11.3 Å². The van der Waals surface area contributed by atoms with Crippen molar-refractivity contribution >= 4 is 12.4 Å². The van der Waals surface area contributed by atoms with E-state index in [1.54, 1.807) is 7.11 Å². The van der Waals surface area contributed by atoms with Gasteiger partial charge >= 0.3 is 0 Å². The van der Waals surface area contributed by atoms with E-state index in [-0.39, 0.29) is 12.4 Å². The lowest BCUT2D eigenvalue weighted by molar-refractivity contribution is 0.0102. The number of rotatable bonds is 4. The molecule has 114 valence electrons. The third-order valence-electron chi connectivity index (χ3n) is 4.27. The Balaban J connectivity index is 0.00000200. The molecular formula is C16H27ClN2O. The summed E-state index contributed by atoms with van der Waals surface area (Å²) in [5.74, 6) is 0. The van der Waals surface area contributed by atoms with E-state index in [2.05, 4.69) is 36.9 Å². The first-order chi connectivity index (χ1) is 9.13. The zero-order chi connectivity index (χ0) is 13.8. The van der Waals surface area contributed by atoms with E-state index in [1.165, 1.54) is 16.7 Å². The van der Waals surface area contributed by atoms with E-state index in [9.17, 15) is 0 Å². The molecule has 4 heteroatoms. The summed E-state index contributed by atoms with van der Waals surface area (Å²) in [6.45, 7) is 7.13. The summed E-state index contributed by atoms with van der Waals surface area (Å²) in [6, 6.07) is 7.15. The Morgan fingerprint density at radius 3 is 2.70 bits per heavy atom. The first-order valence-electron chi connectivity index (χ1n) is 7.17. The number of likely N-dealkylation sites (tertiary alicyclic amines) is 1. The second kappa shape index (κ2) is 7.99. The number of hydrogen-bond donors (Lipinski definition) is 1. The average Bonchev–Trinajstić information content (AvgIpc) is 2.42. The van der Waals surface area contributed by atoms with Gasteiger partial charge in [-0.2, -0.15) is 0 Å². The van der Waals surface area contributed by atoms with Gasteiger partial charge in [-0.05, 0) is 37.8 Å². The number of ether oxygens (including phenoxy) is 1. The predicted molar refractivity (Wildman–Crippen MR) is 86.4 cm³/mol. The van der Waals surface area contributed by atoms with Gasteiger partial charge in [0.05, 0.1) is 6.10 Å². The summed E-state index contributed by atoms with van der Waals surface area (Å²) in [5, 5.41) is 0. The van der Waals surface area contributed by atoms with Crippen LogP contribution in [0.5, 0.6) is 0 Å². The SMILES string of the molecule is COC1CCN(Cc2ccc(C)cc2C)C(CN)C1.Cl. The summed E-state index contributed by atoms with van der Waals surface area (Å²) >= 11 is 0. The fourth-order valence-corrected chi connectivity index (χ4v) is 2.97. The van der Waals surface area contributed by atoms with Crippen LogP contribution in [0.1, 0.15) is 29.5 Å². The van der Waals surface area contributed by atoms with Gasteiger partial charge in [0, 0.05) is 32.8 Å². The van der Waals surface area contributed by atoms with Crippen molar-refractivity contribution in [2.45, 2.75) is 45.4 Å². The molecule has 1 aliphatic rings. The maximum Gasteiger partial charge on any atom is 0.0599 e. The molecule has 1 aliphatic heterocycles. The highest BCUT2D eigenvalue weighted by atomic mass is 35.5. The highest BCUT2D eigenvalue weighted by Gasteiger charge is 2.27. The zero-order valence-corrected chi connectivity index (χ0v) is 13.6. The number of hydrogen-bond acceptors (Lipinski definition) is 3. The van der Waals surface area contributed by atoms with Gasteiger partial charge in [0.1, 0.15) is 0 Å². The molecule has 3 nitrogen and oxygen atoms in total. The maximum atomic E-state index is 5.93. The van der Waals surface area contributed by atoms with Crippen LogP contribution in [0.25, 0.3) is 0 Å². The smallest absolute Gasteiger partial charge is 0.0599 e. The van der Waals surface area contributed by atoms with Gasteiger partial charge in [0.25, 0.3) is 0 Å². The van der Waals surface area contributed by atoms with Crippen molar-refractivity contribution in [1.82, 2.24) is 4.90 Å². The normalized spacial score (nSPS) is 23.4. The molecule has 2 atom stereocenters. The lowest BCUT2D eigenvalue weighted by Crippen LogP contribution is -2.48. The minimum atomic E-state index is 0. The van der Waals surface area contributed by atoms with Crippen molar-refractivity contribution < 1.29 is 4.74 Å². The van der Waals surface area contributed by atoms with Crippen LogP contribution in [0.15, 0.2) is 18.2 Å². The molecule has 1 saturated heterocycles. The number of nitrogens with two attached hydrogens (primary N) is 1. The van der Waals surface area contributed by atoms with Gasteiger partial charge in [0.2, 0.25) is 0 Å². The van der Waals surface area contributed by atoms with Gasteiger partial charge in [-0.1, -0.05) is 23.8 Å². The van der Waals surface area contributed by atoms with Crippen molar-refractivity contribution in [3.05, 3.63) is 34.9 Å². The maximum absolute atomic E-state index is 5.93. The van der Waals surface area contributed by atoms with Gasteiger partial charge in [0.15, 0.2) is 0 Å². The molecule has 0 radical (unpaired) electrons. The number of piperidine rings is 1. The Hall–Kier alpha value is -0.610. The Kier molecular flexibility index (Phi) is 6.96. The van der Waals surface area contributed by atoms with Crippen molar-refractivity contribution in [2.75, 3.05) is 20.2 Å². The third kappa shape index (κ3) is 4.19. The standard InChI is InChI=1S/C16H26N2O.ClH/c1-12-4-5-14(13(2)8-12)11-18-7-6-16(19-3)9-15(18)10-17;/h4-5,8,15-16H,6-7,9-11,17H2,1-3H3;1H. The summed E-state index contributed by atoms with van der Waals surface area (Å²) in [4.78, 5) is 2.51. The Morgan fingerprint density at radius 2 is 2.10 bits per heavy atom. The third-order valence-corrected chi connectivity index (χ3v) is 4.27. The van der Waals surface area contributed by atoms with E-state index in [1.807, 2.05) is 0 Å². The van der Waals surface area contributed by atoms with Crippen LogP contribution in [0.2, 0.25) is 0 Å². The number of nitrogens with zero attached hydrogens (tertiary/aromatic N) is 1. The number of methoxy groups -OCH3 is 1. The van der Waals surface area contributed by atoms with Crippen molar-refractivity contribution in [1.29, 1.82) is 0 Å². The molecule has 2 unspecified atom stereocenters. The second-order valence-electron chi connectivity index (χ2n) is 5.67. The number of aryl methyl sites for hydroxylation is 2. The largest absolute Gasteiger partial charge is 0.381 e. The summed E-state index contributed by atoms with van der Waals surface area (Å²) in [5.41, 5.74) is 10.1.